The maximum Gasteiger partial charge on any atom is 0.0498 e. The van der Waals surface area contributed by atoms with Crippen LogP contribution in [0.25, 0.3) is 0 Å². The van der Waals surface area contributed by atoms with Gasteiger partial charge >= 0.3 is 0 Å². The first-order chi connectivity index (χ1) is 7.63. The SMILES string of the molecule is CCCC(C)CNc1ccc(S(C)=O)cc1. The minimum atomic E-state index is -0.881. The second-order valence-corrected chi connectivity index (χ2v) is 5.63. The first kappa shape index (κ1) is 13.2. The van der Waals surface area contributed by atoms with Crippen molar-refractivity contribution in [3.63, 3.8) is 0 Å². The lowest BCUT2D eigenvalue weighted by molar-refractivity contribution is 0.551. The molecule has 90 valence electrons. The van der Waals surface area contributed by atoms with Gasteiger partial charge in [0.05, 0.1) is 0 Å². The lowest BCUT2D eigenvalue weighted by Gasteiger charge is -2.12. The minimum Gasteiger partial charge on any atom is -0.385 e. The van der Waals surface area contributed by atoms with Crippen molar-refractivity contribution in [3.8, 4) is 0 Å². The van der Waals surface area contributed by atoms with Crippen molar-refractivity contribution in [1.29, 1.82) is 0 Å². The Hall–Kier alpha value is -0.830. The molecule has 1 aromatic carbocycles. The highest BCUT2D eigenvalue weighted by molar-refractivity contribution is 7.84. The van der Waals surface area contributed by atoms with Crippen LogP contribution >= 0.6 is 0 Å². The van der Waals surface area contributed by atoms with Gasteiger partial charge in [0.15, 0.2) is 0 Å². The van der Waals surface area contributed by atoms with E-state index < -0.39 is 10.8 Å². The molecule has 0 radical (unpaired) electrons. The van der Waals surface area contributed by atoms with Gasteiger partial charge < -0.3 is 5.32 Å². The third-order valence-corrected chi connectivity index (χ3v) is 3.56. The van der Waals surface area contributed by atoms with Gasteiger partial charge in [0, 0.05) is 34.2 Å². The number of nitrogens with one attached hydrogen (secondary N) is 1. The molecule has 0 aliphatic carbocycles. The number of benzene rings is 1. The molecule has 2 unspecified atom stereocenters. The molecule has 16 heavy (non-hydrogen) atoms. The van der Waals surface area contributed by atoms with Crippen molar-refractivity contribution in [2.45, 2.75) is 31.6 Å². The van der Waals surface area contributed by atoms with Gasteiger partial charge in [-0.15, -0.1) is 0 Å². The zero-order valence-corrected chi connectivity index (χ0v) is 11.1. The summed E-state index contributed by atoms with van der Waals surface area (Å²) in [4.78, 5) is 0.882. The molecule has 0 spiro atoms. The quantitative estimate of drug-likeness (QED) is 0.825. The van der Waals surface area contributed by atoms with E-state index in [-0.39, 0.29) is 0 Å². The number of rotatable bonds is 6. The fourth-order valence-electron chi connectivity index (χ4n) is 1.65. The normalized spacial score (nSPS) is 14.4. The first-order valence-electron chi connectivity index (χ1n) is 5.80. The Kier molecular flexibility index (Phi) is 5.53. The number of anilines is 1. The Labute approximate surface area is 101 Å². The largest absolute Gasteiger partial charge is 0.385 e. The van der Waals surface area contributed by atoms with Gasteiger partial charge in [-0.1, -0.05) is 20.3 Å². The van der Waals surface area contributed by atoms with E-state index in [9.17, 15) is 4.21 Å². The van der Waals surface area contributed by atoms with Crippen LogP contribution in [0.4, 0.5) is 5.69 Å². The van der Waals surface area contributed by atoms with Crippen LogP contribution in [0.3, 0.4) is 0 Å². The van der Waals surface area contributed by atoms with Crippen LogP contribution in [-0.4, -0.2) is 17.0 Å². The Balaban J connectivity index is 2.46. The van der Waals surface area contributed by atoms with Gasteiger partial charge in [0.2, 0.25) is 0 Å². The van der Waals surface area contributed by atoms with Gasteiger partial charge in [-0.25, -0.2) is 0 Å². The number of hydrogen-bond donors (Lipinski definition) is 1. The average molecular weight is 239 g/mol. The molecule has 1 aromatic rings. The Morgan fingerprint density at radius 3 is 2.44 bits per heavy atom. The highest BCUT2D eigenvalue weighted by Crippen LogP contribution is 2.13. The summed E-state index contributed by atoms with van der Waals surface area (Å²) in [5.74, 6) is 0.699. The summed E-state index contributed by atoms with van der Waals surface area (Å²) in [7, 11) is -0.881. The minimum absolute atomic E-state index is 0.699. The summed E-state index contributed by atoms with van der Waals surface area (Å²) in [6.45, 7) is 5.47. The first-order valence-corrected chi connectivity index (χ1v) is 7.36. The van der Waals surface area contributed by atoms with E-state index in [4.69, 9.17) is 0 Å². The average Bonchev–Trinajstić information content (AvgIpc) is 2.27. The predicted molar refractivity (Wildman–Crippen MR) is 71.3 cm³/mol. The molecule has 2 atom stereocenters. The molecule has 0 aromatic heterocycles. The van der Waals surface area contributed by atoms with Gasteiger partial charge in [0.1, 0.15) is 0 Å². The predicted octanol–water partition coefficient (Wildman–Crippen LogP) is 3.27. The summed E-state index contributed by atoms with van der Waals surface area (Å²) < 4.78 is 11.2. The second-order valence-electron chi connectivity index (χ2n) is 4.25. The maximum absolute atomic E-state index is 11.2. The molecule has 0 amide bonds. The van der Waals surface area contributed by atoms with E-state index in [2.05, 4.69) is 19.2 Å². The maximum atomic E-state index is 11.2. The molecule has 0 saturated heterocycles. The van der Waals surface area contributed by atoms with Crippen LogP contribution in [0.2, 0.25) is 0 Å². The van der Waals surface area contributed by atoms with E-state index in [1.165, 1.54) is 12.8 Å². The van der Waals surface area contributed by atoms with E-state index >= 15 is 0 Å². The molecule has 0 heterocycles. The summed E-state index contributed by atoms with van der Waals surface area (Å²) in [6.07, 6.45) is 4.19. The van der Waals surface area contributed by atoms with Crippen molar-refractivity contribution in [1.82, 2.24) is 0 Å². The van der Waals surface area contributed by atoms with Crippen LogP contribution in [0.15, 0.2) is 29.2 Å². The third-order valence-electron chi connectivity index (χ3n) is 2.62. The highest BCUT2D eigenvalue weighted by Gasteiger charge is 2.01. The van der Waals surface area contributed by atoms with Crippen molar-refractivity contribution in [3.05, 3.63) is 24.3 Å². The van der Waals surface area contributed by atoms with Crippen molar-refractivity contribution < 1.29 is 4.21 Å². The highest BCUT2D eigenvalue weighted by atomic mass is 32.2. The smallest absolute Gasteiger partial charge is 0.0498 e. The summed E-state index contributed by atoms with van der Waals surface area (Å²) in [5, 5.41) is 3.40. The fraction of sp³-hybridized carbons (Fsp3) is 0.538. The van der Waals surface area contributed by atoms with E-state index in [0.717, 1.165) is 17.1 Å². The molecule has 0 bridgehead atoms. The molecule has 1 N–H and O–H groups in total. The third kappa shape index (κ3) is 4.35. The zero-order chi connectivity index (χ0) is 12.0. The van der Waals surface area contributed by atoms with Crippen LogP contribution in [0, 0.1) is 5.92 Å². The van der Waals surface area contributed by atoms with Gasteiger partial charge in [-0.05, 0) is 36.6 Å². The van der Waals surface area contributed by atoms with E-state index in [1.54, 1.807) is 6.26 Å². The van der Waals surface area contributed by atoms with Gasteiger partial charge in [-0.3, -0.25) is 4.21 Å². The Bertz CT molecular complexity index is 334. The molecule has 0 saturated carbocycles. The van der Waals surface area contributed by atoms with E-state index in [0.29, 0.717) is 5.92 Å². The van der Waals surface area contributed by atoms with Crippen molar-refractivity contribution in [2.24, 2.45) is 5.92 Å². The monoisotopic (exact) mass is 239 g/mol. The Morgan fingerprint density at radius 1 is 1.31 bits per heavy atom. The number of hydrogen-bond acceptors (Lipinski definition) is 2. The Morgan fingerprint density at radius 2 is 1.94 bits per heavy atom. The molecule has 0 aliphatic rings. The lowest BCUT2D eigenvalue weighted by atomic mass is 10.1. The zero-order valence-electron chi connectivity index (χ0n) is 10.3. The molecule has 1 rings (SSSR count). The molecule has 2 nitrogen and oxygen atoms in total. The summed E-state index contributed by atoms with van der Waals surface area (Å²) in [6, 6.07) is 7.83. The van der Waals surface area contributed by atoms with Crippen molar-refractivity contribution in [2.75, 3.05) is 18.1 Å². The lowest BCUT2D eigenvalue weighted by Crippen LogP contribution is -2.10. The molecule has 3 heteroatoms. The van der Waals surface area contributed by atoms with E-state index in [1.807, 2.05) is 24.3 Å². The molecule has 0 fully saturated rings. The van der Waals surface area contributed by atoms with Crippen LogP contribution in [0.1, 0.15) is 26.7 Å². The topological polar surface area (TPSA) is 29.1 Å². The van der Waals surface area contributed by atoms with Crippen molar-refractivity contribution >= 4 is 16.5 Å². The van der Waals surface area contributed by atoms with Crippen LogP contribution < -0.4 is 5.32 Å². The molecular formula is C13H21NOS. The summed E-state index contributed by atoms with van der Waals surface area (Å²) in [5.41, 5.74) is 1.11. The van der Waals surface area contributed by atoms with Gasteiger partial charge in [-0.2, -0.15) is 0 Å². The second kappa shape index (κ2) is 6.69. The molecular weight excluding hydrogens is 218 g/mol. The summed E-state index contributed by atoms with van der Waals surface area (Å²) >= 11 is 0. The van der Waals surface area contributed by atoms with Crippen LogP contribution in [-0.2, 0) is 10.8 Å². The molecule has 0 aliphatic heterocycles. The fourth-order valence-corrected chi connectivity index (χ4v) is 2.17. The standard InChI is InChI=1S/C13H21NOS/c1-4-5-11(2)10-14-12-6-8-13(9-7-12)16(3)15/h6-9,11,14H,4-5,10H2,1-3H3. The van der Waals surface area contributed by atoms with Crippen LogP contribution in [0.5, 0.6) is 0 Å². The van der Waals surface area contributed by atoms with Gasteiger partial charge in [0.25, 0.3) is 0 Å².